The van der Waals surface area contributed by atoms with Crippen molar-refractivity contribution in [1.29, 1.82) is 0 Å². The number of benzene rings is 1. The van der Waals surface area contributed by atoms with Crippen molar-refractivity contribution in [2.75, 3.05) is 5.32 Å². The van der Waals surface area contributed by atoms with Gasteiger partial charge in [0.15, 0.2) is 0 Å². The number of aromatic nitrogens is 2. The molecule has 0 atom stereocenters. The van der Waals surface area contributed by atoms with Gasteiger partial charge in [-0.2, -0.15) is 8.78 Å². The Hall–Kier alpha value is -3.10. The molecule has 1 aromatic heterocycles. The Morgan fingerprint density at radius 2 is 1.57 bits per heavy atom. The molecule has 2 amide bonds. The molecule has 162 valence electrons. The number of anilines is 1. The SMILES string of the molecule is CC.O=C(NNC(=O)C(F)F)c1cnc(NC2(c3ccccc3)CCCCC2)nc1. The number of alkyl halides is 2. The fraction of sp³-hybridized carbons (Fsp3) is 0.429. The first kappa shape index (κ1) is 23.2. The summed E-state index contributed by atoms with van der Waals surface area (Å²) >= 11 is 0. The van der Waals surface area contributed by atoms with Crippen molar-refractivity contribution in [3.8, 4) is 0 Å². The monoisotopic (exact) mass is 419 g/mol. The van der Waals surface area contributed by atoms with Crippen molar-refractivity contribution in [3.63, 3.8) is 0 Å². The van der Waals surface area contributed by atoms with Crippen LogP contribution in [0.25, 0.3) is 0 Å². The van der Waals surface area contributed by atoms with Crippen LogP contribution in [0.5, 0.6) is 0 Å². The Bertz CT molecular complexity index is 810. The van der Waals surface area contributed by atoms with Crippen molar-refractivity contribution in [3.05, 3.63) is 53.9 Å². The van der Waals surface area contributed by atoms with E-state index in [1.165, 1.54) is 18.8 Å². The number of halogens is 2. The third-order valence-corrected chi connectivity index (χ3v) is 4.80. The minimum atomic E-state index is -3.22. The maximum Gasteiger partial charge on any atom is 0.317 e. The van der Waals surface area contributed by atoms with E-state index in [0.29, 0.717) is 5.95 Å². The number of amides is 2. The standard InChI is InChI=1S/C19H21F2N5O2.C2H6/c20-15(21)17(28)26-25-16(27)13-11-22-18(23-12-13)24-19(9-5-2-6-10-19)14-7-3-1-4-8-14;1-2/h1,3-4,7-8,11-12,15H,2,5-6,9-10H2,(H,25,27)(H,26,28)(H,22,23,24);1-2H3. The van der Waals surface area contributed by atoms with Crippen LogP contribution in [0.15, 0.2) is 42.7 Å². The Kier molecular flexibility index (Phi) is 8.64. The van der Waals surface area contributed by atoms with Crippen LogP contribution in [0.2, 0.25) is 0 Å². The van der Waals surface area contributed by atoms with Crippen molar-refractivity contribution in [1.82, 2.24) is 20.8 Å². The summed E-state index contributed by atoms with van der Waals surface area (Å²) in [6.07, 6.45) is 4.60. The lowest BCUT2D eigenvalue weighted by Gasteiger charge is -2.38. The molecule has 0 bridgehead atoms. The number of rotatable bonds is 5. The zero-order valence-electron chi connectivity index (χ0n) is 17.1. The molecule has 1 aliphatic rings. The van der Waals surface area contributed by atoms with Gasteiger partial charge in [-0.3, -0.25) is 20.4 Å². The minimum absolute atomic E-state index is 0.0394. The Balaban J connectivity index is 0.00000155. The number of nitrogens with one attached hydrogen (secondary N) is 3. The van der Waals surface area contributed by atoms with Crippen molar-refractivity contribution >= 4 is 17.8 Å². The lowest BCUT2D eigenvalue weighted by molar-refractivity contribution is -0.132. The van der Waals surface area contributed by atoms with Gasteiger partial charge in [-0.15, -0.1) is 0 Å². The normalized spacial score (nSPS) is 14.8. The summed E-state index contributed by atoms with van der Waals surface area (Å²) in [5, 5.41) is 3.42. The number of hydrazine groups is 1. The summed E-state index contributed by atoms with van der Waals surface area (Å²) in [6, 6.07) is 10.1. The molecule has 30 heavy (non-hydrogen) atoms. The highest BCUT2D eigenvalue weighted by Crippen LogP contribution is 2.39. The molecule has 1 fully saturated rings. The van der Waals surface area contributed by atoms with Crippen LogP contribution in [0.4, 0.5) is 14.7 Å². The van der Waals surface area contributed by atoms with Crippen LogP contribution >= 0.6 is 0 Å². The quantitative estimate of drug-likeness (QED) is 0.641. The fourth-order valence-electron chi connectivity index (χ4n) is 3.37. The van der Waals surface area contributed by atoms with E-state index in [1.807, 2.05) is 37.5 Å². The van der Waals surface area contributed by atoms with E-state index in [0.717, 1.165) is 31.2 Å². The van der Waals surface area contributed by atoms with Gasteiger partial charge in [0.1, 0.15) is 0 Å². The van der Waals surface area contributed by atoms with Crippen LogP contribution in [0, 0.1) is 0 Å². The maximum atomic E-state index is 12.1. The van der Waals surface area contributed by atoms with E-state index in [1.54, 1.807) is 5.43 Å². The number of hydrogen-bond donors (Lipinski definition) is 3. The van der Waals surface area contributed by atoms with Crippen molar-refractivity contribution in [2.24, 2.45) is 0 Å². The van der Waals surface area contributed by atoms with Gasteiger partial charge in [-0.25, -0.2) is 9.97 Å². The summed E-state index contributed by atoms with van der Waals surface area (Å²) in [7, 11) is 0. The van der Waals surface area contributed by atoms with E-state index in [-0.39, 0.29) is 11.1 Å². The number of carbonyl (C=O) groups is 2. The van der Waals surface area contributed by atoms with E-state index in [4.69, 9.17) is 0 Å². The van der Waals surface area contributed by atoms with E-state index < -0.39 is 18.2 Å². The third kappa shape index (κ3) is 5.95. The largest absolute Gasteiger partial charge is 0.345 e. The van der Waals surface area contributed by atoms with E-state index in [9.17, 15) is 18.4 Å². The molecule has 0 aliphatic heterocycles. The molecule has 3 rings (SSSR count). The van der Waals surface area contributed by atoms with Gasteiger partial charge < -0.3 is 5.32 Å². The second kappa shape index (κ2) is 11.2. The van der Waals surface area contributed by atoms with Crippen LogP contribution in [0.3, 0.4) is 0 Å². The molecule has 3 N–H and O–H groups in total. The molecule has 0 unspecified atom stereocenters. The average molecular weight is 419 g/mol. The number of nitrogens with zero attached hydrogens (tertiary/aromatic N) is 2. The maximum absolute atomic E-state index is 12.1. The average Bonchev–Trinajstić information content (AvgIpc) is 2.80. The van der Waals surface area contributed by atoms with Crippen molar-refractivity contribution in [2.45, 2.75) is 57.9 Å². The predicted octanol–water partition coefficient (Wildman–Crippen LogP) is 3.80. The molecule has 0 spiro atoms. The molecular weight excluding hydrogens is 392 g/mol. The highest BCUT2D eigenvalue weighted by atomic mass is 19.3. The van der Waals surface area contributed by atoms with Gasteiger partial charge in [0.05, 0.1) is 11.1 Å². The second-order valence-corrected chi connectivity index (χ2v) is 6.67. The number of carbonyl (C=O) groups excluding carboxylic acids is 2. The zero-order chi connectivity index (χ0) is 22.0. The zero-order valence-corrected chi connectivity index (χ0v) is 17.1. The molecular formula is C21H27F2N5O2. The lowest BCUT2D eigenvalue weighted by atomic mass is 9.76. The topological polar surface area (TPSA) is 96.0 Å². The molecule has 0 saturated heterocycles. The molecule has 9 heteroatoms. The Morgan fingerprint density at radius 3 is 2.13 bits per heavy atom. The van der Waals surface area contributed by atoms with E-state index >= 15 is 0 Å². The summed E-state index contributed by atoms with van der Waals surface area (Å²) in [6.45, 7) is 4.00. The highest BCUT2D eigenvalue weighted by Gasteiger charge is 2.34. The second-order valence-electron chi connectivity index (χ2n) is 6.67. The molecule has 1 aliphatic carbocycles. The van der Waals surface area contributed by atoms with Gasteiger partial charge in [0, 0.05) is 12.4 Å². The third-order valence-electron chi connectivity index (χ3n) is 4.80. The highest BCUT2D eigenvalue weighted by molar-refractivity contribution is 5.95. The number of hydrogen-bond acceptors (Lipinski definition) is 5. The van der Waals surface area contributed by atoms with Crippen LogP contribution in [-0.4, -0.2) is 28.2 Å². The molecule has 1 aromatic carbocycles. The summed E-state index contributed by atoms with van der Waals surface area (Å²) in [5.41, 5.74) is 4.46. The summed E-state index contributed by atoms with van der Waals surface area (Å²) in [4.78, 5) is 31.1. The van der Waals surface area contributed by atoms with Crippen LogP contribution < -0.4 is 16.2 Å². The summed E-state index contributed by atoms with van der Waals surface area (Å²) in [5.74, 6) is -2.00. The smallest absolute Gasteiger partial charge is 0.317 e. The van der Waals surface area contributed by atoms with Gasteiger partial charge in [-0.1, -0.05) is 63.4 Å². The Morgan fingerprint density at radius 1 is 0.967 bits per heavy atom. The van der Waals surface area contributed by atoms with Gasteiger partial charge >= 0.3 is 12.3 Å². The van der Waals surface area contributed by atoms with Gasteiger partial charge in [-0.05, 0) is 18.4 Å². The molecule has 7 nitrogen and oxygen atoms in total. The van der Waals surface area contributed by atoms with Crippen LogP contribution in [0.1, 0.15) is 61.9 Å². The van der Waals surface area contributed by atoms with Gasteiger partial charge in [0.2, 0.25) is 5.95 Å². The van der Waals surface area contributed by atoms with Crippen molar-refractivity contribution < 1.29 is 18.4 Å². The predicted molar refractivity (Wildman–Crippen MR) is 110 cm³/mol. The first-order valence-corrected chi connectivity index (χ1v) is 10.0. The van der Waals surface area contributed by atoms with Gasteiger partial charge in [0.25, 0.3) is 5.91 Å². The molecule has 0 radical (unpaired) electrons. The minimum Gasteiger partial charge on any atom is -0.345 e. The van der Waals surface area contributed by atoms with E-state index in [2.05, 4.69) is 27.4 Å². The lowest BCUT2D eigenvalue weighted by Crippen LogP contribution is -2.44. The molecule has 1 heterocycles. The molecule has 1 saturated carbocycles. The first-order chi connectivity index (χ1) is 14.5. The molecule has 2 aromatic rings. The fourth-order valence-corrected chi connectivity index (χ4v) is 3.37. The Labute approximate surface area is 174 Å². The first-order valence-electron chi connectivity index (χ1n) is 10.0. The summed E-state index contributed by atoms with van der Waals surface area (Å²) < 4.78 is 24.3. The van der Waals surface area contributed by atoms with Crippen LogP contribution in [-0.2, 0) is 10.3 Å².